The lowest BCUT2D eigenvalue weighted by Crippen LogP contribution is -2.13. The molecule has 140 valence electrons. The molecule has 1 aliphatic carbocycles. The van der Waals surface area contributed by atoms with Crippen LogP contribution in [-0.4, -0.2) is 41.4 Å². The van der Waals surface area contributed by atoms with Gasteiger partial charge in [0.05, 0.1) is 32.1 Å². The van der Waals surface area contributed by atoms with Gasteiger partial charge >= 0.3 is 0 Å². The molecule has 0 bridgehead atoms. The molecule has 0 unspecified atom stereocenters. The Morgan fingerprint density at radius 1 is 0.852 bits per heavy atom. The first kappa shape index (κ1) is 17.9. The van der Waals surface area contributed by atoms with Crippen LogP contribution in [0.3, 0.4) is 0 Å². The van der Waals surface area contributed by atoms with Crippen LogP contribution in [0.2, 0.25) is 0 Å². The van der Waals surface area contributed by atoms with E-state index in [1.54, 1.807) is 0 Å². The largest absolute Gasteiger partial charge is 0.379 e. The van der Waals surface area contributed by atoms with E-state index < -0.39 is 0 Å². The molecule has 1 aliphatic rings. The molecular formula is C22H25N3O2. The van der Waals surface area contributed by atoms with Crippen LogP contribution < -0.4 is 0 Å². The van der Waals surface area contributed by atoms with Crippen LogP contribution in [0.5, 0.6) is 0 Å². The Bertz CT molecular complexity index is 904. The maximum atomic E-state index is 5.70. The fourth-order valence-electron chi connectivity index (χ4n) is 3.64. The highest BCUT2D eigenvalue weighted by atomic mass is 16.5. The molecule has 2 aromatic carbocycles. The third-order valence-corrected chi connectivity index (χ3v) is 4.97. The molecule has 5 nitrogen and oxygen atoms in total. The Balaban J connectivity index is 1.66. The molecule has 5 heteroatoms. The second-order valence-corrected chi connectivity index (χ2v) is 6.63. The fraction of sp³-hybridized carbons (Fsp3) is 0.364. The van der Waals surface area contributed by atoms with Crippen LogP contribution in [0.15, 0.2) is 48.5 Å². The van der Waals surface area contributed by atoms with E-state index >= 15 is 0 Å². The smallest absolute Gasteiger partial charge is 0.121 e. The monoisotopic (exact) mass is 363 g/mol. The van der Waals surface area contributed by atoms with Crippen LogP contribution in [-0.2, 0) is 28.9 Å². The topological polar surface area (TPSA) is 49.2 Å². The van der Waals surface area contributed by atoms with Gasteiger partial charge in [0, 0.05) is 17.7 Å². The number of aromatic nitrogens is 3. The number of hydrogen-bond donors (Lipinski definition) is 0. The lowest BCUT2D eigenvalue weighted by molar-refractivity contribution is 0.0488. The minimum Gasteiger partial charge on any atom is -0.379 e. The SMILES string of the molecule is CCOCCOCCn1nnc2c1-c1ccccc1CCc1ccccc1-2. The predicted octanol–water partition coefficient (Wildman–Crippen LogP) is 3.76. The normalized spacial score (nSPS) is 12.6. The Morgan fingerprint density at radius 3 is 2.30 bits per heavy atom. The van der Waals surface area contributed by atoms with Crippen molar-refractivity contribution in [2.75, 3.05) is 26.4 Å². The van der Waals surface area contributed by atoms with E-state index in [1.165, 1.54) is 22.3 Å². The number of benzene rings is 2. The van der Waals surface area contributed by atoms with Crippen molar-refractivity contribution in [3.05, 3.63) is 59.7 Å². The highest BCUT2D eigenvalue weighted by molar-refractivity contribution is 5.82. The maximum absolute atomic E-state index is 5.70. The summed E-state index contributed by atoms with van der Waals surface area (Å²) in [7, 11) is 0. The molecule has 0 saturated heterocycles. The van der Waals surface area contributed by atoms with Crippen LogP contribution in [0, 0.1) is 0 Å². The number of rotatable bonds is 7. The molecule has 0 amide bonds. The van der Waals surface area contributed by atoms with Crippen molar-refractivity contribution in [2.24, 2.45) is 0 Å². The van der Waals surface area contributed by atoms with Gasteiger partial charge in [-0.3, -0.25) is 0 Å². The van der Waals surface area contributed by atoms with Gasteiger partial charge in [0.15, 0.2) is 0 Å². The second kappa shape index (κ2) is 8.46. The van der Waals surface area contributed by atoms with Gasteiger partial charge in [-0.25, -0.2) is 4.68 Å². The van der Waals surface area contributed by atoms with Crippen molar-refractivity contribution in [1.29, 1.82) is 0 Å². The summed E-state index contributed by atoms with van der Waals surface area (Å²) in [5.41, 5.74) is 7.13. The number of fused-ring (bicyclic) bond motifs is 5. The Kier molecular flexibility index (Phi) is 5.61. The summed E-state index contributed by atoms with van der Waals surface area (Å²) < 4.78 is 13.0. The summed E-state index contributed by atoms with van der Waals surface area (Å²) >= 11 is 0. The van der Waals surface area contributed by atoms with Crippen molar-refractivity contribution in [3.63, 3.8) is 0 Å². The van der Waals surface area contributed by atoms with Crippen molar-refractivity contribution < 1.29 is 9.47 Å². The first-order valence-electron chi connectivity index (χ1n) is 9.64. The number of nitrogens with zero attached hydrogens (tertiary/aromatic N) is 3. The van der Waals surface area contributed by atoms with E-state index in [0.717, 1.165) is 30.8 Å². The zero-order valence-corrected chi connectivity index (χ0v) is 15.7. The second-order valence-electron chi connectivity index (χ2n) is 6.63. The highest BCUT2D eigenvalue weighted by Crippen LogP contribution is 2.37. The predicted molar refractivity (Wildman–Crippen MR) is 106 cm³/mol. The standard InChI is InChI=1S/C22H25N3O2/c1-2-26-15-16-27-14-13-25-22-20-10-6-4-8-18(20)12-11-17-7-3-5-9-19(17)21(22)23-24-25/h3-10H,2,11-16H2,1H3. The zero-order valence-electron chi connectivity index (χ0n) is 15.7. The lowest BCUT2D eigenvalue weighted by Gasteiger charge is -2.18. The van der Waals surface area contributed by atoms with Crippen LogP contribution in [0.25, 0.3) is 22.5 Å². The first-order valence-corrected chi connectivity index (χ1v) is 9.64. The van der Waals surface area contributed by atoms with Gasteiger partial charge in [-0.2, -0.15) is 0 Å². The average molecular weight is 363 g/mol. The number of ether oxygens (including phenoxy) is 2. The molecule has 0 N–H and O–H groups in total. The third-order valence-electron chi connectivity index (χ3n) is 4.97. The molecule has 4 rings (SSSR count). The van der Waals surface area contributed by atoms with Gasteiger partial charge in [0.2, 0.25) is 0 Å². The van der Waals surface area contributed by atoms with E-state index in [-0.39, 0.29) is 0 Å². The number of hydrogen-bond acceptors (Lipinski definition) is 4. The molecule has 0 fully saturated rings. The van der Waals surface area contributed by atoms with Crippen LogP contribution >= 0.6 is 0 Å². The van der Waals surface area contributed by atoms with Gasteiger partial charge in [0.25, 0.3) is 0 Å². The summed E-state index contributed by atoms with van der Waals surface area (Å²) in [6.45, 7) is 5.20. The van der Waals surface area contributed by atoms with E-state index in [2.05, 4.69) is 58.8 Å². The van der Waals surface area contributed by atoms with Crippen LogP contribution in [0.4, 0.5) is 0 Å². The minimum absolute atomic E-state index is 0.590. The molecular weight excluding hydrogens is 338 g/mol. The average Bonchev–Trinajstić information content (AvgIpc) is 3.11. The van der Waals surface area contributed by atoms with Gasteiger partial charge in [-0.15, -0.1) is 5.10 Å². The summed E-state index contributed by atoms with van der Waals surface area (Å²) in [6, 6.07) is 17.1. The van der Waals surface area contributed by atoms with Crippen molar-refractivity contribution in [3.8, 4) is 22.5 Å². The Morgan fingerprint density at radius 2 is 1.52 bits per heavy atom. The lowest BCUT2D eigenvalue weighted by atomic mass is 9.89. The van der Waals surface area contributed by atoms with Crippen molar-refractivity contribution in [1.82, 2.24) is 15.0 Å². The summed E-state index contributed by atoms with van der Waals surface area (Å²) in [5, 5.41) is 9.03. The summed E-state index contributed by atoms with van der Waals surface area (Å²) in [4.78, 5) is 0. The summed E-state index contributed by atoms with van der Waals surface area (Å²) in [5.74, 6) is 0. The van der Waals surface area contributed by atoms with Gasteiger partial charge in [0.1, 0.15) is 5.69 Å². The van der Waals surface area contributed by atoms with E-state index in [9.17, 15) is 0 Å². The molecule has 1 aromatic heterocycles. The van der Waals surface area contributed by atoms with Gasteiger partial charge in [-0.1, -0.05) is 53.7 Å². The van der Waals surface area contributed by atoms with E-state index in [1.807, 2.05) is 11.6 Å². The first-order chi connectivity index (χ1) is 13.4. The maximum Gasteiger partial charge on any atom is 0.121 e. The van der Waals surface area contributed by atoms with E-state index in [4.69, 9.17) is 9.47 Å². The Hall–Kier alpha value is -2.50. The van der Waals surface area contributed by atoms with Gasteiger partial charge in [-0.05, 0) is 30.9 Å². The molecule has 0 spiro atoms. The molecule has 0 atom stereocenters. The van der Waals surface area contributed by atoms with Crippen LogP contribution in [0.1, 0.15) is 18.1 Å². The molecule has 3 aromatic rings. The third kappa shape index (κ3) is 3.80. The molecule has 0 saturated carbocycles. The van der Waals surface area contributed by atoms with E-state index in [0.29, 0.717) is 26.4 Å². The quantitative estimate of drug-likeness (QED) is 0.600. The molecule has 0 aliphatic heterocycles. The summed E-state index contributed by atoms with van der Waals surface area (Å²) in [6.07, 6.45) is 2.03. The molecule has 1 heterocycles. The fourth-order valence-corrected chi connectivity index (χ4v) is 3.64. The highest BCUT2D eigenvalue weighted by Gasteiger charge is 2.23. The minimum atomic E-state index is 0.590. The van der Waals surface area contributed by atoms with Gasteiger partial charge < -0.3 is 9.47 Å². The molecule has 27 heavy (non-hydrogen) atoms. The number of aryl methyl sites for hydroxylation is 2. The Labute approximate surface area is 159 Å². The zero-order chi connectivity index (χ0) is 18.5. The van der Waals surface area contributed by atoms with Crippen molar-refractivity contribution >= 4 is 0 Å². The molecule has 0 radical (unpaired) electrons. The van der Waals surface area contributed by atoms with Crippen molar-refractivity contribution in [2.45, 2.75) is 26.3 Å².